The lowest BCUT2D eigenvalue weighted by Gasteiger charge is -1.82. The molecule has 0 amide bonds. The number of carbonyl (C=O) groups excluding carboxylic acids is 1. The zero-order valence-corrected chi connectivity index (χ0v) is 5.95. The van der Waals surface area contributed by atoms with Crippen molar-refractivity contribution < 1.29 is 9.21 Å². The van der Waals surface area contributed by atoms with Crippen LogP contribution in [0.2, 0.25) is 0 Å². The summed E-state index contributed by atoms with van der Waals surface area (Å²) in [4.78, 5) is 10.9. The highest BCUT2D eigenvalue weighted by atomic mass is 35.5. The molecule has 0 radical (unpaired) electrons. The fourth-order valence-corrected chi connectivity index (χ4v) is 0.865. The largest absolute Gasteiger partial charge is 0.471 e. The number of furan rings is 1. The highest BCUT2D eigenvalue weighted by molar-refractivity contribution is 7.80. The van der Waals surface area contributed by atoms with Gasteiger partial charge in [-0.15, -0.1) is 12.6 Å². The van der Waals surface area contributed by atoms with Crippen molar-refractivity contribution in [3.05, 3.63) is 18.1 Å². The van der Waals surface area contributed by atoms with Gasteiger partial charge in [0.25, 0.3) is 5.24 Å². The number of carbonyl (C=O) groups is 1. The van der Waals surface area contributed by atoms with Crippen LogP contribution in [0.15, 0.2) is 21.8 Å². The highest BCUT2D eigenvalue weighted by Gasteiger charge is 2.06. The third-order valence-corrected chi connectivity index (χ3v) is 1.40. The average Bonchev–Trinajstić information content (AvgIpc) is 2.13. The van der Waals surface area contributed by atoms with Gasteiger partial charge in [0.2, 0.25) is 0 Å². The molecule has 0 spiro atoms. The quantitative estimate of drug-likeness (QED) is 0.505. The van der Waals surface area contributed by atoms with Gasteiger partial charge in [0.1, 0.15) is 12.5 Å². The molecule has 1 aromatic rings. The van der Waals surface area contributed by atoms with E-state index in [0.717, 1.165) is 0 Å². The summed E-state index contributed by atoms with van der Waals surface area (Å²) in [5, 5.41) is -0.547. The van der Waals surface area contributed by atoms with E-state index in [9.17, 15) is 4.79 Å². The van der Waals surface area contributed by atoms with E-state index in [1.54, 1.807) is 0 Å². The van der Waals surface area contributed by atoms with Crippen LogP contribution in [0.25, 0.3) is 0 Å². The predicted octanol–water partition coefficient (Wildman–Crippen LogP) is 1.95. The summed E-state index contributed by atoms with van der Waals surface area (Å²) in [5.41, 5.74) is 0.306. The average molecular weight is 163 g/mol. The minimum atomic E-state index is -0.547. The van der Waals surface area contributed by atoms with Crippen LogP contribution >= 0.6 is 24.2 Å². The first-order chi connectivity index (χ1) is 4.22. The molecule has 0 aliphatic carbocycles. The minimum absolute atomic E-state index is 0.306. The van der Waals surface area contributed by atoms with Crippen molar-refractivity contribution in [3.63, 3.8) is 0 Å². The van der Waals surface area contributed by atoms with Crippen LogP contribution in [0.5, 0.6) is 0 Å². The second-order valence-corrected chi connectivity index (χ2v) is 2.27. The molecule has 2 nitrogen and oxygen atoms in total. The Kier molecular flexibility index (Phi) is 1.83. The van der Waals surface area contributed by atoms with Crippen molar-refractivity contribution in [2.75, 3.05) is 0 Å². The molecule has 4 heteroatoms. The van der Waals surface area contributed by atoms with Gasteiger partial charge in [-0.3, -0.25) is 4.79 Å². The van der Waals surface area contributed by atoms with Crippen LogP contribution in [-0.2, 0) is 0 Å². The van der Waals surface area contributed by atoms with Gasteiger partial charge in [-0.2, -0.15) is 0 Å². The lowest BCUT2D eigenvalue weighted by Crippen LogP contribution is -1.83. The van der Waals surface area contributed by atoms with Crippen LogP contribution < -0.4 is 0 Å². The molecular formula is C5H3ClO2S. The second kappa shape index (κ2) is 2.45. The summed E-state index contributed by atoms with van der Waals surface area (Å²) in [6, 6.07) is 0. The first-order valence-electron chi connectivity index (χ1n) is 2.17. The molecule has 0 aromatic carbocycles. The summed E-state index contributed by atoms with van der Waals surface area (Å²) in [7, 11) is 0. The second-order valence-electron chi connectivity index (χ2n) is 1.44. The maximum absolute atomic E-state index is 10.4. The third kappa shape index (κ3) is 1.28. The van der Waals surface area contributed by atoms with Crippen molar-refractivity contribution in [2.24, 2.45) is 0 Å². The molecule has 1 rings (SSSR count). The topological polar surface area (TPSA) is 30.2 Å². The molecule has 0 atom stereocenters. The first-order valence-corrected chi connectivity index (χ1v) is 2.99. The van der Waals surface area contributed by atoms with E-state index in [2.05, 4.69) is 17.0 Å². The first kappa shape index (κ1) is 6.71. The van der Waals surface area contributed by atoms with Gasteiger partial charge < -0.3 is 4.42 Å². The summed E-state index contributed by atoms with van der Waals surface area (Å²) >= 11 is 8.99. The van der Waals surface area contributed by atoms with Crippen LogP contribution in [0.1, 0.15) is 10.4 Å². The number of hydrogen-bond donors (Lipinski definition) is 1. The van der Waals surface area contributed by atoms with Crippen molar-refractivity contribution in [1.82, 2.24) is 0 Å². The van der Waals surface area contributed by atoms with Gasteiger partial charge in [0.05, 0.1) is 10.5 Å². The Bertz CT molecular complexity index is 231. The van der Waals surface area contributed by atoms with Gasteiger partial charge in [0.15, 0.2) is 0 Å². The summed E-state index contributed by atoms with van der Waals surface area (Å²) in [6.45, 7) is 0. The summed E-state index contributed by atoms with van der Waals surface area (Å²) in [5.74, 6) is 0. The van der Waals surface area contributed by atoms with Crippen LogP contribution in [0.4, 0.5) is 0 Å². The molecule has 0 fully saturated rings. The fraction of sp³-hybridized carbons (Fsp3) is 0. The van der Waals surface area contributed by atoms with E-state index in [0.29, 0.717) is 10.5 Å². The molecule has 0 aliphatic heterocycles. The Morgan fingerprint density at radius 3 is 2.56 bits per heavy atom. The van der Waals surface area contributed by atoms with Crippen molar-refractivity contribution in [2.45, 2.75) is 4.90 Å². The van der Waals surface area contributed by atoms with Crippen molar-refractivity contribution in [1.29, 1.82) is 0 Å². The molecule has 48 valence electrons. The Balaban J connectivity index is 3.08. The molecule has 0 aliphatic rings. The molecule has 9 heavy (non-hydrogen) atoms. The lowest BCUT2D eigenvalue weighted by molar-refractivity contribution is 0.107. The van der Waals surface area contributed by atoms with Crippen LogP contribution in [-0.4, -0.2) is 5.24 Å². The van der Waals surface area contributed by atoms with E-state index in [-0.39, 0.29) is 0 Å². The molecule has 0 saturated carbocycles. The molecule has 1 heterocycles. The SMILES string of the molecule is O=C(Cl)c1cocc1S. The molecule has 0 unspecified atom stereocenters. The maximum atomic E-state index is 10.4. The summed E-state index contributed by atoms with van der Waals surface area (Å²) in [6.07, 6.45) is 2.61. The predicted molar refractivity (Wildman–Crippen MR) is 36.1 cm³/mol. The fourth-order valence-electron chi connectivity index (χ4n) is 0.437. The van der Waals surface area contributed by atoms with Gasteiger partial charge in [-0.05, 0) is 11.6 Å². The summed E-state index contributed by atoms with van der Waals surface area (Å²) < 4.78 is 4.62. The normalized spacial score (nSPS) is 9.56. The number of hydrogen-bond acceptors (Lipinski definition) is 3. The van der Waals surface area contributed by atoms with Gasteiger partial charge in [0, 0.05) is 0 Å². The maximum Gasteiger partial charge on any atom is 0.256 e. The van der Waals surface area contributed by atoms with E-state index in [4.69, 9.17) is 11.6 Å². The standard InChI is InChI=1S/C5H3ClO2S/c6-5(7)3-1-8-2-4(3)9/h1-2,9H. The third-order valence-electron chi connectivity index (χ3n) is 0.853. The van der Waals surface area contributed by atoms with Gasteiger partial charge in [-0.25, -0.2) is 0 Å². The van der Waals surface area contributed by atoms with E-state index >= 15 is 0 Å². The van der Waals surface area contributed by atoms with E-state index in [1.165, 1.54) is 12.5 Å². The van der Waals surface area contributed by atoms with Crippen LogP contribution in [0.3, 0.4) is 0 Å². The zero-order chi connectivity index (χ0) is 6.85. The molecule has 0 N–H and O–H groups in total. The van der Waals surface area contributed by atoms with E-state index < -0.39 is 5.24 Å². The molecule has 0 saturated heterocycles. The Labute approximate surface area is 62.2 Å². The smallest absolute Gasteiger partial charge is 0.256 e. The molecule has 1 aromatic heterocycles. The Morgan fingerprint density at radius 1 is 1.67 bits per heavy atom. The number of thiol groups is 1. The monoisotopic (exact) mass is 162 g/mol. The molecule has 0 bridgehead atoms. The lowest BCUT2D eigenvalue weighted by atomic mass is 10.4. The minimum Gasteiger partial charge on any atom is -0.471 e. The van der Waals surface area contributed by atoms with E-state index in [1.807, 2.05) is 0 Å². The molecular weight excluding hydrogens is 160 g/mol. The Morgan fingerprint density at radius 2 is 2.33 bits per heavy atom. The number of halogens is 1. The Hall–Kier alpha value is -0.410. The van der Waals surface area contributed by atoms with Crippen LogP contribution in [0, 0.1) is 0 Å². The van der Waals surface area contributed by atoms with Gasteiger partial charge >= 0.3 is 0 Å². The van der Waals surface area contributed by atoms with Crippen molar-refractivity contribution in [3.8, 4) is 0 Å². The van der Waals surface area contributed by atoms with Crippen molar-refractivity contribution >= 4 is 29.5 Å². The van der Waals surface area contributed by atoms with Gasteiger partial charge in [-0.1, -0.05) is 0 Å². The zero-order valence-electron chi connectivity index (χ0n) is 4.30. The number of rotatable bonds is 1. The highest BCUT2D eigenvalue weighted by Crippen LogP contribution is 2.15.